The number of carbonyl (C=O) groups is 1. The molecule has 3 atom stereocenters. The average molecular weight is 414 g/mol. The Labute approximate surface area is 176 Å². The summed E-state index contributed by atoms with van der Waals surface area (Å²) in [5, 5.41) is 3.59. The number of likely N-dealkylation sites (tertiary alicyclic amines) is 1. The Morgan fingerprint density at radius 3 is 2.60 bits per heavy atom. The number of nitrogens with zero attached hydrogens (tertiary/aromatic N) is 3. The first-order valence-corrected chi connectivity index (χ1v) is 11.6. The number of nitrogens with one attached hydrogen (secondary N) is 2. The fourth-order valence-corrected chi connectivity index (χ4v) is 6.54. The molecule has 0 aromatic carbocycles. The summed E-state index contributed by atoms with van der Waals surface area (Å²) in [4.78, 5) is 38.2. The molecule has 0 radical (unpaired) electrons. The van der Waals surface area contributed by atoms with E-state index in [9.17, 15) is 9.59 Å². The normalized spacial score (nSPS) is 32.1. The maximum Gasteiger partial charge on any atom is 0.255 e. The topological polar surface area (TPSA) is 90.6 Å². The van der Waals surface area contributed by atoms with Crippen molar-refractivity contribution in [3.8, 4) is 0 Å². The minimum atomic E-state index is -0.0473. The lowest BCUT2D eigenvalue weighted by Crippen LogP contribution is -2.48. The number of morpholine rings is 1. The van der Waals surface area contributed by atoms with Crippen LogP contribution in [0.4, 0.5) is 5.95 Å². The number of carbonyl (C=O) groups excluding carboxylic acids is 1. The molecule has 0 unspecified atom stereocenters. The lowest BCUT2D eigenvalue weighted by molar-refractivity contribution is -0.137. The molecule has 1 aliphatic carbocycles. The van der Waals surface area contributed by atoms with Gasteiger partial charge in [-0.2, -0.15) is 0 Å². The number of fused-ring (bicyclic) bond motifs is 4. The summed E-state index contributed by atoms with van der Waals surface area (Å²) in [6, 6.07) is 0.943. The summed E-state index contributed by atoms with van der Waals surface area (Å²) in [5.74, 6) is 1.20. The van der Waals surface area contributed by atoms with Gasteiger partial charge >= 0.3 is 0 Å². The molecular weight excluding hydrogens is 382 g/mol. The van der Waals surface area contributed by atoms with Gasteiger partial charge in [-0.15, -0.1) is 0 Å². The van der Waals surface area contributed by atoms with E-state index in [2.05, 4.69) is 20.1 Å². The van der Waals surface area contributed by atoms with E-state index in [1.165, 1.54) is 6.42 Å². The summed E-state index contributed by atoms with van der Waals surface area (Å²) in [6.07, 6.45) is 6.98. The average Bonchev–Trinajstić information content (AvgIpc) is 3.50. The Morgan fingerprint density at radius 1 is 1.10 bits per heavy atom. The second kappa shape index (κ2) is 7.05. The number of piperidine rings is 1. The van der Waals surface area contributed by atoms with Gasteiger partial charge in [-0.3, -0.25) is 14.6 Å². The zero-order valence-corrected chi connectivity index (χ0v) is 17.5. The van der Waals surface area contributed by atoms with E-state index in [1.807, 2.05) is 0 Å². The van der Waals surface area contributed by atoms with Crippen molar-refractivity contribution in [1.82, 2.24) is 20.2 Å². The SMILES string of the molecule is O=C([C@H]1C[C@H]2CC[C@@H]1N2)N1CCC2(CCc3c2nc(N2CCOCC2)[nH]c3=O)CC1. The minimum Gasteiger partial charge on any atom is -0.378 e. The molecule has 0 saturated carbocycles. The zero-order valence-electron chi connectivity index (χ0n) is 17.5. The number of hydrogen-bond donors (Lipinski definition) is 2. The van der Waals surface area contributed by atoms with Crippen molar-refractivity contribution in [3.05, 3.63) is 21.6 Å². The van der Waals surface area contributed by atoms with Crippen molar-refractivity contribution in [3.63, 3.8) is 0 Å². The molecule has 4 aliphatic heterocycles. The number of amides is 1. The van der Waals surface area contributed by atoms with Crippen molar-refractivity contribution in [1.29, 1.82) is 0 Å². The van der Waals surface area contributed by atoms with Gasteiger partial charge in [0.25, 0.3) is 5.56 Å². The van der Waals surface area contributed by atoms with E-state index in [0.717, 1.165) is 76.0 Å². The number of H-pyrrole nitrogens is 1. The fraction of sp³-hybridized carbons (Fsp3) is 0.773. The predicted molar refractivity (Wildman–Crippen MR) is 112 cm³/mol. The number of aromatic amines is 1. The minimum absolute atomic E-state index is 0.0185. The largest absolute Gasteiger partial charge is 0.378 e. The molecule has 8 heteroatoms. The van der Waals surface area contributed by atoms with Crippen LogP contribution in [-0.4, -0.2) is 72.3 Å². The smallest absolute Gasteiger partial charge is 0.255 e. The highest BCUT2D eigenvalue weighted by Gasteiger charge is 2.48. The second-order valence-corrected chi connectivity index (χ2v) is 9.81. The van der Waals surface area contributed by atoms with E-state index in [-0.39, 0.29) is 16.9 Å². The standard InChI is InChI=1S/C22H31N5O3/c28-19-15-3-4-22(18(15)24-21(25-19)27-9-11-30-12-10-27)5-7-26(8-6-22)20(29)16-13-14-1-2-17(16)23-14/h14,16-17,23H,1-13H2,(H,24,25,28)/t14-,16+,17+/m1/s1. The first-order chi connectivity index (χ1) is 14.6. The van der Waals surface area contributed by atoms with Crippen molar-refractivity contribution >= 4 is 11.9 Å². The van der Waals surface area contributed by atoms with Gasteiger partial charge in [0, 0.05) is 49.2 Å². The van der Waals surface area contributed by atoms with Gasteiger partial charge < -0.3 is 19.9 Å². The fourth-order valence-electron chi connectivity index (χ4n) is 6.54. The van der Waals surface area contributed by atoms with Crippen LogP contribution in [0.25, 0.3) is 0 Å². The number of aromatic nitrogens is 2. The molecule has 1 spiro atoms. The van der Waals surface area contributed by atoms with Gasteiger partial charge in [0.2, 0.25) is 11.9 Å². The molecule has 1 amide bonds. The molecule has 162 valence electrons. The van der Waals surface area contributed by atoms with Crippen LogP contribution in [0.2, 0.25) is 0 Å². The quantitative estimate of drug-likeness (QED) is 0.736. The van der Waals surface area contributed by atoms with E-state index in [4.69, 9.17) is 9.72 Å². The van der Waals surface area contributed by atoms with Gasteiger partial charge in [-0.05, 0) is 44.9 Å². The molecule has 8 nitrogen and oxygen atoms in total. The van der Waals surface area contributed by atoms with Crippen LogP contribution < -0.4 is 15.8 Å². The molecule has 4 saturated heterocycles. The van der Waals surface area contributed by atoms with Crippen LogP contribution in [0.5, 0.6) is 0 Å². The molecule has 5 aliphatic rings. The van der Waals surface area contributed by atoms with E-state index < -0.39 is 0 Å². The first-order valence-electron chi connectivity index (χ1n) is 11.6. The highest BCUT2D eigenvalue weighted by Crippen LogP contribution is 2.45. The molecule has 1 aromatic rings. The lowest BCUT2D eigenvalue weighted by atomic mass is 9.75. The van der Waals surface area contributed by atoms with Crippen molar-refractivity contribution in [2.75, 3.05) is 44.3 Å². The Balaban J connectivity index is 1.21. The zero-order chi connectivity index (χ0) is 20.3. The van der Waals surface area contributed by atoms with Gasteiger partial charge in [-0.1, -0.05) is 0 Å². The Bertz CT molecular complexity index is 901. The Kier molecular flexibility index (Phi) is 4.42. The molecule has 30 heavy (non-hydrogen) atoms. The lowest BCUT2D eigenvalue weighted by Gasteiger charge is -2.41. The molecule has 2 N–H and O–H groups in total. The van der Waals surface area contributed by atoms with Crippen molar-refractivity contribution < 1.29 is 9.53 Å². The van der Waals surface area contributed by atoms with Gasteiger partial charge in [0.1, 0.15) is 0 Å². The summed E-state index contributed by atoms with van der Waals surface area (Å²) in [5.41, 5.74) is 1.84. The Morgan fingerprint density at radius 2 is 1.90 bits per heavy atom. The highest BCUT2D eigenvalue weighted by atomic mass is 16.5. The van der Waals surface area contributed by atoms with Crippen molar-refractivity contribution in [2.45, 2.75) is 62.4 Å². The van der Waals surface area contributed by atoms with Crippen LogP contribution in [-0.2, 0) is 21.4 Å². The van der Waals surface area contributed by atoms with Gasteiger partial charge in [-0.25, -0.2) is 4.98 Å². The molecular formula is C22H31N5O3. The van der Waals surface area contributed by atoms with Crippen LogP contribution in [0.3, 0.4) is 0 Å². The Hall–Kier alpha value is -1.93. The van der Waals surface area contributed by atoms with Gasteiger partial charge in [0.05, 0.1) is 24.8 Å². The first kappa shape index (κ1) is 18.8. The molecule has 6 rings (SSSR count). The second-order valence-electron chi connectivity index (χ2n) is 9.81. The van der Waals surface area contributed by atoms with Crippen LogP contribution in [0.15, 0.2) is 4.79 Å². The maximum atomic E-state index is 13.2. The van der Waals surface area contributed by atoms with Gasteiger partial charge in [0.15, 0.2) is 0 Å². The van der Waals surface area contributed by atoms with E-state index >= 15 is 0 Å². The molecule has 5 heterocycles. The summed E-state index contributed by atoms with van der Waals surface area (Å²) in [7, 11) is 0. The van der Waals surface area contributed by atoms with Crippen molar-refractivity contribution in [2.24, 2.45) is 5.92 Å². The number of hydrogen-bond acceptors (Lipinski definition) is 6. The molecule has 2 bridgehead atoms. The summed E-state index contributed by atoms with van der Waals surface area (Å²) < 4.78 is 5.45. The number of rotatable bonds is 2. The molecule has 1 aromatic heterocycles. The predicted octanol–water partition coefficient (Wildman–Crippen LogP) is 0.553. The third-order valence-electron chi connectivity index (χ3n) is 8.32. The van der Waals surface area contributed by atoms with E-state index in [0.29, 0.717) is 37.2 Å². The monoisotopic (exact) mass is 413 g/mol. The third-order valence-corrected chi connectivity index (χ3v) is 8.32. The van der Waals surface area contributed by atoms with Crippen LogP contribution >= 0.6 is 0 Å². The highest BCUT2D eigenvalue weighted by molar-refractivity contribution is 5.80. The summed E-state index contributed by atoms with van der Waals surface area (Å²) >= 11 is 0. The summed E-state index contributed by atoms with van der Waals surface area (Å²) in [6.45, 7) is 4.42. The van der Waals surface area contributed by atoms with Crippen LogP contribution in [0.1, 0.15) is 49.8 Å². The number of ether oxygens (including phenoxy) is 1. The molecule has 4 fully saturated rings. The maximum absolute atomic E-state index is 13.2. The van der Waals surface area contributed by atoms with E-state index in [1.54, 1.807) is 0 Å². The van der Waals surface area contributed by atoms with Crippen LogP contribution in [0, 0.1) is 5.92 Å². The number of anilines is 1. The third kappa shape index (κ3) is 2.91.